The number of hydrogen-bond donors (Lipinski definition) is 2. The van der Waals surface area contributed by atoms with E-state index in [1.54, 1.807) is 0 Å². The lowest BCUT2D eigenvalue weighted by Gasteiger charge is -2.20. The van der Waals surface area contributed by atoms with Crippen molar-refractivity contribution in [2.75, 3.05) is 5.32 Å². The standard InChI is InChI=1S/C18H21N3O3/c1-4-10(3)14(18(22)23)21-17-16-15(19-13(5-2)20-17)11-8-6-7-9-12(11)24-16/h6-10,14H,4-5H2,1-3H3,(H,22,23)(H,19,20,21)/t10-,14+/m0/s1. The summed E-state index contributed by atoms with van der Waals surface area (Å²) >= 11 is 0. The number of hydrogen-bond acceptors (Lipinski definition) is 5. The van der Waals surface area contributed by atoms with Crippen LogP contribution in [0.4, 0.5) is 5.82 Å². The molecule has 3 rings (SSSR count). The fourth-order valence-corrected chi connectivity index (χ4v) is 2.72. The Balaban J connectivity index is 2.17. The molecule has 2 atom stereocenters. The molecule has 0 unspecified atom stereocenters. The first-order chi connectivity index (χ1) is 11.5. The van der Waals surface area contributed by atoms with Crippen LogP contribution in [0.25, 0.3) is 22.1 Å². The van der Waals surface area contributed by atoms with Crippen molar-refractivity contribution in [3.05, 3.63) is 30.1 Å². The highest BCUT2D eigenvalue weighted by molar-refractivity contribution is 6.05. The lowest BCUT2D eigenvalue weighted by molar-refractivity contribution is -0.139. The number of nitrogens with zero attached hydrogens (tertiary/aromatic N) is 2. The normalized spacial score (nSPS) is 14.0. The maximum absolute atomic E-state index is 11.6. The van der Waals surface area contributed by atoms with Crippen LogP contribution in [0, 0.1) is 5.92 Å². The summed E-state index contributed by atoms with van der Waals surface area (Å²) in [6.07, 6.45) is 1.41. The van der Waals surface area contributed by atoms with Crippen LogP contribution in [0.5, 0.6) is 0 Å². The van der Waals surface area contributed by atoms with E-state index in [0.717, 1.165) is 11.8 Å². The fraction of sp³-hybridized carbons (Fsp3) is 0.389. The Morgan fingerprint density at radius 3 is 2.71 bits per heavy atom. The summed E-state index contributed by atoms with van der Waals surface area (Å²) in [5.41, 5.74) is 1.93. The summed E-state index contributed by atoms with van der Waals surface area (Å²) in [5, 5.41) is 13.5. The second-order valence-corrected chi connectivity index (χ2v) is 5.96. The predicted octanol–water partition coefficient (Wildman–Crippen LogP) is 3.85. The summed E-state index contributed by atoms with van der Waals surface area (Å²) < 4.78 is 5.90. The second-order valence-electron chi connectivity index (χ2n) is 5.96. The molecular weight excluding hydrogens is 306 g/mol. The van der Waals surface area contributed by atoms with Crippen molar-refractivity contribution in [1.29, 1.82) is 0 Å². The Bertz CT molecular complexity index is 888. The molecule has 3 aromatic rings. The third kappa shape index (κ3) is 2.79. The molecule has 0 fully saturated rings. The van der Waals surface area contributed by atoms with Crippen LogP contribution in [0.3, 0.4) is 0 Å². The van der Waals surface area contributed by atoms with E-state index in [4.69, 9.17) is 4.42 Å². The highest BCUT2D eigenvalue weighted by Gasteiger charge is 2.26. The molecule has 0 aliphatic carbocycles. The molecule has 6 heteroatoms. The van der Waals surface area contributed by atoms with Gasteiger partial charge in [-0.3, -0.25) is 0 Å². The Kier molecular flexibility index (Phi) is 4.38. The van der Waals surface area contributed by atoms with Crippen molar-refractivity contribution in [1.82, 2.24) is 9.97 Å². The van der Waals surface area contributed by atoms with Gasteiger partial charge in [-0.1, -0.05) is 39.3 Å². The maximum atomic E-state index is 11.6. The number of aryl methyl sites for hydroxylation is 1. The predicted molar refractivity (Wildman–Crippen MR) is 93.2 cm³/mol. The van der Waals surface area contributed by atoms with Gasteiger partial charge in [0, 0.05) is 11.8 Å². The molecule has 0 radical (unpaired) electrons. The molecule has 126 valence electrons. The van der Waals surface area contributed by atoms with Crippen molar-refractivity contribution in [3.8, 4) is 0 Å². The minimum atomic E-state index is -0.898. The second kappa shape index (κ2) is 6.47. The largest absolute Gasteiger partial charge is 0.480 e. The minimum absolute atomic E-state index is 0.0398. The van der Waals surface area contributed by atoms with E-state index in [0.29, 0.717) is 34.7 Å². The Morgan fingerprint density at radius 1 is 1.29 bits per heavy atom. The lowest BCUT2D eigenvalue weighted by Crippen LogP contribution is -2.35. The van der Waals surface area contributed by atoms with Crippen LogP contribution in [0.2, 0.25) is 0 Å². The number of nitrogens with one attached hydrogen (secondary N) is 1. The summed E-state index contributed by atoms with van der Waals surface area (Å²) in [6.45, 7) is 5.84. The molecule has 0 saturated heterocycles. The number of anilines is 1. The zero-order valence-electron chi connectivity index (χ0n) is 14.0. The van der Waals surface area contributed by atoms with Gasteiger partial charge in [0.1, 0.15) is 23.0 Å². The molecule has 0 amide bonds. The van der Waals surface area contributed by atoms with E-state index >= 15 is 0 Å². The highest BCUT2D eigenvalue weighted by atomic mass is 16.4. The van der Waals surface area contributed by atoms with Gasteiger partial charge in [-0.15, -0.1) is 0 Å². The van der Waals surface area contributed by atoms with E-state index in [1.807, 2.05) is 45.0 Å². The molecule has 0 bridgehead atoms. The molecule has 2 heterocycles. The summed E-state index contributed by atoms with van der Waals surface area (Å²) in [5.74, 6) is 0.165. The van der Waals surface area contributed by atoms with E-state index in [1.165, 1.54) is 0 Å². The number of benzene rings is 1. The Morgan fingerprint density at radius 2 is 2.04 bits per heavy atom. The van der Waals surface area contributed by atoms with Crippen LogP contribution in [0.15, 0.2) is 28.7 Å². The summed E-state index contributed by atoms with van der Waals surface area (Å²) in [4.78, 5) is 20.7. The molecule has 0 aliphatic rings. The number of carboxylic acid groups (broad SMARTS) is 1. The van der Waals surface area contributed by atoms with Gasteiger partial charge < -0.3 is 14.8 Å². The van der Waals surface area contributed by atoms with E-state index < -0.39 is 12.0 Å². The van der Waals surface area contributed by atoms with Crippen LogP contribution in [-0.2, 0) is 11.2 Å². The van der Waals surface area contributed by atoms with Crippen LogP contribution in [0.1, 0.15) is 33.0 Å². The molecular formula is C18H21N3O3. The van der Waals surface area contributed by atoms with E-state index in [2.05, 4.69) is 15.3 Å². The summed E-state index contributed by atoms with van der Waals surface area (Å²) in [7, 11) is 0. The molecule has 0 spiro atoms. The molecule has 0 saturated carbocycles. The topological polar surface area (TPSA) is 88.2 Å². The fourth-order valence-electron chi connectivity index (χ4n) is 2.72. The number of rotatable bonds is 6. The zero-order valence-corrected chi connectivity index (χ0v) is 14.0. The number of fused-ring (bicyclic) bond motifs is 3. The SMILES string of the molecule is CCc1nc(N[C@@H](C(=O)O)[C@@H](C)CC)c2oc3ccccc3c2n1. The lowest BCUT2D eigenvalue weighted by atomic mass is 9.99. The third-order valence-corrected chi connectivity index (χ3v) is 4.35. The zero-order chi connectivity index (χ0) is 17.3. The Labute approximate surface area is 139 Å². The van der Waals surface area contributed by atoms with Gasteiger partial charge in [0.15, 0.2) is 11.4 Å². The molecule has 0 aliphatic heterocycles. The molecule has 2 aromatic heterocycles. The average molecular weight is 327 g/mol. The van der Waals surface area contributed by atoms with Gasteiger partial charge in [-0.2, -0.15) is 0 Å². The molecule has 2 N–H and O–H groups in total. The van der Waals surface area contributed by atoms with Crippen LogP contribution >= 0.6 is 0 Å². The molecule has 6 nitrogen and oxygen atoms in total. The van der Waals surface area contributed by atoms with Gasteiger partial charge in [-0.25, -0.2) is 14.8 Å². The van der Waals surface area contributed by atoms with Crippen LogP contribution < -0.4 is 5.32 Å². The number of carbonyl (C=O) groups is 1. The highest BCUT2D eigenvalue weighted by Crippen LogP contribution is 2.32. The number of furan rings is 1. The number of para-hydroxylation sites is 1. The van der Waals surface area contributed by atoms with Crippen molar-refractivity contribution in [3.63, 3.8) is 0 Å². The van der Waals surface area contributed by atoms with Gasteiger partial charge >= 0.3 is 5.97 Å². The first-order valence-corrected chi connectivity index (χ1v) is 8.22. The van der Waals surface area contributed by atoms with E-state index in [9.17, 15) is 9.90 Å². The van der Waals surface area contributed by atoms with Crippen molar-refractivity contribution < 1.29 is 14.3 Å². The first kappa shape index (κ1) is 16.2. The van der Waals surface area contributed by atoms with Gasteiger partial charge in [-0.05, 0) is 18.1 Å². The van der Waals surface area contributed by atoms with Crippen molar-refractivity contribution >= 4 is 33.9 Å². The van der Waals surface area contributed by atoms with Gasteiger partial charge in [0.25, 0.3) is 0 Å². The average Bonchev–Trinajstić information content (AvgIpc) is 2.97. The maximum Gasteiger partial charge on any atom is 0.326 e. The van der Waals surface area contributed by atoms with E-state index in [-0.39, 0.29) is 5.92 Å². The number of aromatic nitrogens is 2. The third-order valence-electron chi connectivity index (χ3n) is 4.35. The monoisotopic (exact) mass is 327 g/mol. The number of aliphatic carboxylic acids is 1. The molecule has 24 heavy (non-hydrogen) atoms. The summed E-state index contributed by atoms with van der Waals surface area (Å²) in [6, 6.07) is 6.91. The minimum Gasteiger partial charge on any atom is -0.480 e. The van der Waals surface area contributed by atoms with Gasteiger partial charge in [0.05, 0.1) is 0 Å². The number of carboxylic acids is 1. The smallest absolute Gasteiger partial charge is 0.326 e. The quantitative estimate of drug-likeness (QED) is 0.715. The Hall–Kier alpha value is -2.63. The van der Waals surface area contributed by atoms with Gasteiger partial charge in [0.2, 0.25) is 0 Å². The molecule has 1 aromatic carbocycles. The van der Waals surface area contributed by atoms with Crippen molar-refractivity contribution in [2.45, 2.75) is 39.7 Å². The van der Waals surface area contributed by atoms with Crippen LogP contribution in [-0.4, -0.2) is 27.1 Å². The first-order valence-electron chi connectivity index (χ1n) is 8.22. The van der Waals surface area contributed by atoms with Crippen molar-refractivity contribution in [2.24, 2.45) is 5.92 Å².